The van der Waals surface area contributed by atoms with Gasteiger partial charge in [0.15, 0.2) is 0 Å². The summed E-state index contributed by atoms with van der Waals surface area (Å²) in [7, 11) is 1.89. The number of carbonyl (C=O) groups excluding carboxylic acids is 1. The van der Waals surface area contributed by atoms with Crippen molar-refractivity contribution in [2.75, 3.05) is 7.05 Å². The molecule has 3 nitrogen and oxygen atoms in total. The van der Waals surface area contributed by atoms with E-state index in [9.17, 15) is 4.79 Å². The summed E-state index contributed by atoms with van der Waals surface area (Å²) in [6.45, 7) is 0. The maximum atomic E-state index is 12.3. The number of hydrogen-bond donors (Lipinski definition) is 1. The molecule has 0 aromatic carbocycles. The van der Waals surface area contributed by atoms with Gasteiger partial charge in [0.25, 0.3) is 5.91 Å². The maximum absolute atomic E-state index is 12.3. The first-order valence-corrected chi connectivity index (χ1v) is 6.56. The summed E-state index contributed by atoms with van der Waals surface area (Å²) >= 11 is 5.15. The van der Waals surface area contributed by atoms with Crippen molar-refractivity contribution in [1.29, 1.82) is 0 Å². The van der Waals surface area contributed by atoms with Crippen molar-refractivity contribution < 1.29 is 4.79 Å². The molecule has 1 fully saturated rings. The van der Waals surface area contributed by atoms with Gasteiger partial charge >= 0.3 is 0 Å². The van der Waals surface area contributed by atoms with Gasteiger partial charge in [-0.1, -0.05) is 31.5 Å². The molecule has 1 N–H and O–H groups in total. The van der Waals surface area contributed by atoms with Crippen LogP contribution >= 0.6 is 12.2 Å². The first kappa shape index (κ1) is 12.3. The molecular formula is C13H18N2OS. The second-order valence-corrected chi connectivity index (χ2v) is 5.03. The zero-order chi connectivity index (χ0) is 12.3. The van der Waals surface area contributed by atoms with Gasteiger partial charge in [0, 0.05) is 19.3 Å². The third-order valence-electron chi connectivity index (χ3n) is 3.49. The number of hydrogen-bond acceptors (Lipinski definition) is 2. The van der Waals surface area contributed by atoms with E-state index >= 15 is 0 Å². The van der Waals surface area contributed by atoms with Gasteiger partial charge in [-0.3, -0.25) is 4.79 Å². The Hall–Kier alpha value is -1.16. The molecule has 1 aromatic heterocycles. The van der Waals surface area contributed by atoms with Gasteiger partial charge in [0.1, 0.15) is 4.64 Å². The second kappa shape index (κ2) is 5.45. The Morgan fingerprint density at radius 1 is 1.41 bits per heavy atom. The normalized spacial score (nSPS) is 16.8. The standard InChI is InChI=1S/C13H18N2OS/c1-15(10-6-3-2-4-7-10)13(16)11-8-5-9-14-12(11)17/h5,8-10H,2-4,6-7H2,1H3,(H,14,17). The SMILES string of the molecule is CN(C(=O)c1ccc[nH]c1=S)C1CCCCC1. The zero-order valence-corrected chi connectivity index (χ0v) is 10.9. The topological polar surface area (TPSA) is 36.1 Å². The molecule has 0 bridgehead atoms. The van der Waals surface area contributed by atoms with Crippen LogP contribution in [0.5, 0.6) is 0 Å². The van der Waals surface area contributed by atoms with Gasteiger partial charge in [0.2, 0.25) is 0 Å². The van der Waals surface area contributed by atoms with Crippen LogP contribution in [0, 0.1) is 4.64 Å². The van der Waals surface area contributed by atoms with E-state index in [1.165, 1.54) is 19.3 Å². The molecule has 0 saturated heterocycles. The summed E-state index contributed by atoms with van der Waals surface area (Å²) in [6.07, 6.45) is 7.73. The number of aromatic amines is 1. The van der Waals surface area contributed by atoms with Gasteiger partial charge in [0.05, 0.1) is 5.56 Å². The van der Waals surface area contributed by atoms with E-state index in [0.717, 1.165) is 12.8 Å². The highest BCUT2D eigenvalue weighted by Gasteiger charge is 2.23. The van der Waals surface area contributed by atoms with Crippen LogP contribution in [0.3, 0.4) is 0 Å². The van der Waals surface area contributed by atoms with E-state index in [2.05, 4.69) is 4.98 Å². The Labute approximate surface area is 107 Å². The summed E-state index contributed by atoms with van der Waals surface area (Å²) in [4.78, 5) is 17.1. The van der Waals surface area contributed by atoms with Crippen LogP contribution in [0.4, 0.5) is 0 Å². The van der Waals surface area contributed by atoms with E-state index in [4.69, 9.17) is 12.2 Å². The number of nitrogens with one attached hydrogen (secondary N) is 1. The van der Waals surface area contributed by atoms with Crippen molar-refractivity contribution in [2.24, 2.45) is 0 Å². The molecule has 92 valence electrons. The van der Waals surface area contributed by atoms with Crippen molar-refractivity contribution in [2.45, 2.75) is 38.1 Å². The van der Waals surface area contributed by atoms with Crippen LogP contribution in [0.15, 0.2) is 18.3 Å². The first-order chi connectivity index (χ1) is 8.20. The molecule has 0 spiro atoms. The molecule has 1 heterocycles. The number of pyridine rings is 1. The number of H-pyrrole nitrogens is 1. The molecular weight excluding hydrogens is 232 g/mol. The first-order valence-electron chi connectivity index (χ1n) is 6.15. The van der Waals surface area contributed by atoms with Crippen LogP contribution in [0.1, 0.15) is 42.5 Å². The molecule has 1 aliphatic rings. The molecule has 1 aliphatic carbocycles. The molecule has 4 heteroatoms. The van der Waals surface area contributed by atoms with E-state index in [0.29, 0.717) is 16.2 Å². The molecule has 2 rings (SSSR count). The number of aromatic nitrogens is 1. The van der Waals surface area contributed by atoms with Crippen molar-refractivity contribution in [3.05, 3.63) is 28.5 Å². The van der Waals surface area contributed by atoms with Crippen molar-refractivity contribution >= 4 is 18.1 Å². The summed E-state index contributed by atoms with van der Waals surface area (Å²) in [5.41, 5.74) is 0.607. The van der Waals surface area contributed by atoms with Crippen molar-refractivity contribution in [3.8, 4) is 0 Å². The Kier molecular flexibility index (Phi) is 3.94. The van der Waals surface area contributed by atoms with Gasteiger partial charge in [-0.25, -0.2) is 0 Å². The molecule has 17 heavy (non-hydrogen) atoms. The number of carbonyl (C=O) groups is 1. The monoisotopic (exact) mass is 250 g/mol. The van der Waals surface area contributed by atoms with E-state index < -0.39 is 0 Å². The lowest BCUT2D eigenvalue weighted by Crippen LogP contribution is -2.38. The Bertz CT molecular complexity index is 449. The summed E-state index contributed by atoms with van der Waals surface area (Å²) in [5.74, 6) is 0.0405. The Morgan fingerprint density at radius 3 is 2.76 bits per heavy atom. The third-order valence-corrected chi connectivity index (χ3v) is 3.83. The number of nitrogens with zero attached hydrogens (tertiary/aromatic N) is 1. The third kappa shape index (κ3) is 2.75. The number of amides is 1. The highest BCUT2D eigenvalue weighted by Crippen LogP contribution is 2.22. The van der Waals surface area contributed by atoms with Gasteiger partial charge < -0.3 is 9.88 Å². The molecule has 1 aromatic rings. The molecule has 0 atom stereocenters. The van der Waals surface area contributed by atoms with E-state index in [1.54, 1.807) is 12.3 Å². The lowest BCUT2D eigenvalue weighted by atomic mass is 9.94. The zero-order valence-electron chi connectivity index (χ0n) is 10.1. The Balaban J connectivity index is 2.14. The summed E-state index contributed by atoms with van der Waals surface area (Å²) < 4.78 is 0.528. The fraction of sp³-hybridized carbons (Fsp3) is 0.538. The second-order valence-electron chi connectivity index (χ2n) is 4.62. The minimum absolute atomic E-state index is 0.0405. The average molecular weight is 250 g/mol. The molecule has 0 aliphatic heterocycles. The van der Waals surface area contributed by atoms with Gasteiger partial charge in [-0.05, 0) is 25.0 Å². The van der Waals surface area contributed by atoms with Crippen LogP contribution in [0.25, 0.3) is 0 Å². The van der Waals surface area contributed by atoms with Crippen LogP contribution in [0.2, 0.25) is 0 Å². The highest BCUT2D eigenvalue weighted by atomic mass is 32.1. The van der Waals surface area contributed by atoms with Crippen LogP contribution < -0.4 is 0 Å². The lowest BCUT2D eigenvalue weighted by molar-refractivity contribution is 0.0695. The van der Waals surface area contributed by atoms with E-state index in [1.807, 2.05) is 18.0 Å². The molecule has 0 unspecified atom stereocenters. The quantitative estimate of drug-likeness (QED) is 0.818. The Morgan fingerprint density at radius 2 is 2.12 bits per heavy atom. The minimum Gasteiger partial charge on any atom is -0.352 e. The predicted molar refractivity (Wildman–Crippen MR) is 70.6 cm³/mol. The lowest BCUT2D eigenvalue weighted by Gasteiger charge is -2.31. The minimum atomic E-state index is 0.0405. The highest BCUT2D eigenvalue weighted by molar-refractivity contribution is 7.71. The largest absolute Gasteiger partial charge is 0.352 e. The predicted octanol–water partition coefficient (Wildman–Crippen LogP) is 3.15. The van der Waals surface area contributed by atoms with Crippen molar-refractivity contribution in [3.63, 3.8) is 0 Å². The smallest absolute Gasteiger partial charge is 0.256 e. The average Bonchev–Trinajstić information content (AvgIpc) is 2.39. The van der Waals surface area contributed by atoms with Gasteiger partial charge in [-0.15, -0.1) is 0 Å². The summed E-state index contributed by atoms with van der Waals surface area (Å²) in [6, 6.07) is 3.99. The van der Waals surface area contributed by atoms with Crippen molar-refractivity contribution in [1.82, 2.24) is 9.88 Å². The van der Waals surface area contributed by atoms with Gasteiger partial charge in [-0.2, -0.15) is 0 Å². The van der Waals surface area contributed by atoms with Crippen LogP contribution in [-0.4, -0.2) is 28.9 Å². The maximum Gasteiger partial charge on any atom is 0.256 e. The van der Waals surface area contributed by atoms with Crippen LogP contribution in [-0.2, 0) is 0 Å². The molecule has 0 radical (unpaired) electrons. The summed E-state index contributed by atoms with van der Waals surface area (Å²) in [5, 5.41) is 0. The fourth-order valence-corrected chi connectivity index (χ4v) is 2.64. The fourth-order valence-electron chi connectivity index (χ4n) is 2.41. The number of rotatable bonds is 2. The molecule has 1 amide bonds. The van der Waals surface area contributed by atoms with E-state index in [-0.39, 0.29) is 5.91 Å². The molecule has 1 saturated carbocycles.